The number of nitrogens with one attached hydrogen (secondary N) is 1. The SMILES string of the molecule is O=C(O)c1nc(Cl)c(Cl)c(NN=Cc2ccc3c(c2)OCCO3)c1Cl. The van der Waals surface area contributed by atoms with Crippen LogP contribution in [0.25, 0.3) is 0 Å². The first kappa shape index (κ1) is 17.6. The maximum absolute atomic E-state index is 11.1. The summed E-state index contributed by atoms with van der Waals surface area (Å²) in [6.45, 7) is 0.984. The summed E-state index contributed by atoms with van der Waals surface area (Å²) < 4.78 is 10.9. The van der Waals surface area contributed by atoms with E-state index in [1.54, 1.807) is 18.2 Å². The van der Waals surface area contributed by atoms with Gasteiger partial charge in [-0.2, -0.15) is 5.10 Å². The van der Waals surface area contributed by atoms with Crippen LogP contribution in [0.4, 0.5) is 5.69 Å². The second-order valence-electron chi connectivity index (χ2n) is 4.83. The zero-order valence-corrected chi connectivity index (χ0v) is 14.7. The van der Waals surface area contributed by atoms with E-state index in [4.69, 9.17) is 49.4 Å². The molecule has 7 nitrogen and oxygen atoms in total. The van der Waals surface area contributed by atoms with Crippen LogP contribution in [-0.2, 0) is 0 Å². The first-order valence-corrected chi connectivity index (χ1v) is 8.07. The van der Waals surface area contributed by atoms with Crippen molar-refractivity contribution in [1.29, 1.82) is 0 Å². The average molecular weight is 403 g/mol. The number of ether oxygens (including phenoxy) is 2. The minimum Gasteiger partial charge on any atom is -0.486 e. The summed E-state index contributed by atoms with van der Waals surface area (Å²) in [6.07, 6.45) is 1.49. The van der Waals surface area contributed by atoms with E-state index < -0.39 is 11.7 Å². The van der Waals surface area contributed by atoms with Crippen molar-refractivity contribution in [1.82, 2.24) is 4.98 Å². The summed E-state index contributed by atoms with van der Waals surface area (Å²) >= 11 is 17.8. The lowest BCUT2D eigenvalue weighted by molar-refractivity contribution is 0.0691. The summed E-state index contributed by atoms with van der Waals surface area (Å²) in [7, 11) is 0. The molecule has 10 heteroatoms. The van der Waals surface area contributed by atoms with E-state index in [1.165, 1.54) is 6.21 Å². The van der Waals surface area contributed by atoms with Gasteiger partial charge in [0.1, 0.15) is 23.3 Å². The summed E-state index contributed by atoms with van der Waals surface area (Å²) in [4.78, 5) is 14.8. The number of carboxylic acids is 1. The van der Waals surface area contributed by atoms with Gasteiger partial charge in [-0.05, 0) is 23.8 Å². The number of aromatic carboxylic acids is 1. The number of nitrogens with zero attached hydrogens (tertiary/aromatic N) is 2. The molecular formula is C15H10Cl3N3O4. The highest BCUT2D eigenvalue weighted by Crippen LogP contribution is 2.37. The molecule has 2 heterocycles. The summed E-state index contributed by atoms with van der Waals surface area (Å²) in [6, 6.07) is 5.30. The van der Waals surface area contributed by atoms with Gasteiger partial charge in [0.15, 0.2) is 22.3 Å². The predicted octanol–water partition coefficient (Wildman–Crippen LogP) is 3.96. The van der Waals surface area contributed by atoms with E-state index >= 15 is 0 Å². The molecule has 3 rings (SSSR count). The third-order valence-electron chi connectivity index (χ3n) is 3.20. The normalized spacial score (nSPS) is 13.1. The van der Waals surface area contributed by atoms with Crippen LogP contribution in [0.15, 0.2) is 23.3 Å². The van der Waals surface area contributed by atoms with E-state index in [2.05, 4.69) is 15.5 Å². The summed E-state index contributed by atoms with van der Waals surface area (Å²) in [5.41, 5.74) is 2.94. The minimum atomic E-state index is -1.33. The van der Waals surface area contributed by atoms with E-state index in [1.807, 2.05) is 0 Å². The summed E-state index contributed by atoms with van der Waals surface area (Å²) in [5.74, 6) is -0.0525. The van der Waals surface area contributed by atoms with Crippen molar-refractivity contribution >= 4 is 52.7 Å². The third kappa shape index (κ3) is 3.73. The van der Waals surface area contributed by atoms with Crippen molar-refractivity contribution < 1.29 is 19.4 Å². The molecule has 0 unspecified atom stereocenters. The number of hydrogen-bond donors (Lipinski definition) is 2. The van der Waals surface area contributed by atoms with Crippen LogP contribution in [0.1, 0.15) is 16.1 Å². The fraction of sp³-hybridized carbons (Fsp3) is 0.133. The molecule has 2 N–H and O–H groups in total. The number of anilines is 1. The van der Waals surface area contributed by atoms with Crippen LogP contribution < -0.4 is 14.9 Å². The number of pyridine rings is 1. The van der Waals surface area contributed by atoms with Gasteiger partial charge in [-0.15, -0.1) is 0 Å². The molecule has 0 saturated carbocycles. The monoisotopic (exact) mass is 401 g/mol. The summed E-state index contributed by atoms with van der Waals surface area (Å²) in [5, 5.41) is 12.7. The van der Waals surface area contributed by atoms with Crippen LogP contribution >= 0.6 is 34.8 Å². The topological polar surface area (TPSA) is 93.0 Å². The standard InChI is InChI=1S/C15H10Cl3N3O4/c16-10-12(11(17)14(18)20-13(10)15(22)23)21-19-6-7-1-2-8-9(5-7)25-4-3-24-8/h1-2,5-6H,3-4H2,(H,20,21)(H,22,23). The molecule has 0 fully saturated rings. The molecule has 0 bridgehead atoms. The van der Waals surface area contributed by atoms with Crippen LogP contribution in [-0.4, -0.2) is 35.5 Å². The quantitative estimate of drug-likeness (QED) is 0.457. The average Bonchev–Trinajstić information content (AvgIpc) is 2.60. The zero-order chi connectivity index (χ0) is 18.0. The lowest BCUT2D eigenvalue weighted by Crippen LogP contribution is -2.15. The number of halogens is 3. The molecule has 2 aromatic rings. The Morgan fingerprint density at radius 2 is 1.92 bits per heavy atom. The van der Waals surface area contributed by atoms with Gasteiger partial charge < -0.3 is 14.6 Å². The first-order chi connectivity index (χ1) is 12.0. The Hall–Kier alpha value is -2.22. The lowest BCUT2D eigenvalue weighted by Gasteiger charge is -2.18. The zero-order valence-electron chi connectivity index (χ0n) is 12.4. The van der Waals surface area contributed by atoms with Gasteiger partial charge >= 0.3 is 5.97 Å². The molecule has 0 aliphatic carbocycles. The Balaban J connectivity index is 1.84. The molecule has 0 spiro atoms. The molecule has 25 heavy (non-hydrogen) atoms. The Morgan fingerprint density at radius 1 is 1.20 bits per heavy atom. The fourth-order valence-corrected chi connectivity index (χ4v) is 2.73. The first-order valence-electron chi connectivity index (χ1n) is 6.94. The molecule has 0 saturated heterocycles. The Bertz CT molecular complexity index is 874. The van der Waals surface area contributed by atoms with E-state index in [9.17, 15) is 4.79 Å². The highest BCUT2D eigenvalue weighted by molar-refractivity contribution is 6.46. The number of fused-ring (bicyclic) bond motifs is 1. The van der Waals surface area contributed by atoms with Crippen molar-refractivity contribution in [2.75, 3.05) is 18.6 Å². The molecule has 130 valence electrons. The molecule has 0 amide bonds. The number of carbonyl (C=O) groups is 1. The van der Waals surface area contributed by atoms with Crippen LogP contribution in [0.5, 0.6) is 11.5 Å². The van der Waals surface area contributed by atoms with Gasteiger partial charge in [0.2, 0.25) is 0 Å². The maximum Gasteiger partial charge on any atom is 0.356 e. The molecular weight excluding hydrogens is 393 g/mol. The Morgan fingerprint density at radius 3 is 2.64 bits per heavy atom. The molecule has 1 aliphatic heterocycles. The van der Waals surface area contributed by atoms with Crippen molar-refractivity contribution in [3.05, 3.63) is 44.7 Å². The van der Waals surface area contributed by atoms with Crippen molar-refractivity contribution in [3.8, 4) is 11.5 Å². The van der Waals surface area contributed by atoms with Crippen LogP contribution in [0, 0.1) is 0 Å². The van der Waals surface area contributed by atoms with Gasteiger partial charge in [-0.25, -0.2) is 9.78 Å². The highest BCUT2D eigenvalue weighted by atomic mass is 35.5. The number of carboxylic acid groups (broad SMARTS) is 1. The fourth-order valence-electron chi connectivity index (χ4n) is 2.07. The highest BCUT2D eigenvalue weighted by Gasteiger charge is 2.20. The van der Waals surface area contributed by atoms with Crippen molar-refractivity contribution in [2.24, 2.45) is 5.10 Å². The van der Waals surface area contributed by atoms with Gasteiger partial charge in [-0.3, -0.25) is 5.43 Å². The van der Waals surface area contributed by atoms with Crippen molar-refractivity contribution in [3.63, 3.8) is 0 Å². The predicted molar refractivity (Wildman–Crippen MR) is 94.9 cm³/mol. The molecule has 1 aromatic heterocycles. The number of hydrogen-bond acceptors (Lipinski definition) is 6. The largest absolute Gasteiger partial charge is 0.486 e. The number of rotatable bonds is 4. The Kier molecular flexibility index (Phi) is 5.17. The van der Waals surface area contributed by atoms with Crippen LogP contribution in [0.3, 0.4) is 0 Å². The molecule has 1 aliphatic rings. The number of benzene rings is 1. The van der Waals surface area contributed by atoms with Crippen molar-refractivity contribution in [2.45, 2.75) is 0 Å². The van der Waals surface area contributed by atoms with Gasteiger partial charge in [0, 0.05) is 0 Å². The third-order valence-corrected chi connectivity index (χ3v) is 4.30. The van der Waals surface area contributed by atoms with E-state index in [-0.39, 0.29) is 20.9 Å². The van der Waals surface area contributed by atoms with Crippen LogP contribution in [0.2, 0.25) is 15.2 Å². The smallest absolute Gasteiger partial charge is 0.356 e. The second-order valence-corrected chi connectivity index (χ2v) is 5.95. The maximum atomic E-state index is 11.1. The van der Waals surface area contributed by atoms with E-state index in [0.29, 0.717) is 24.7 Å². The van der Waals surface area contributed by atoms with Gasteiger partial charge in [0.05, 0.1) is 11.9 Å². The lowest BCUT2D eigenvalue weighted by atomic mass is 10.2. The van der Waals surface area contributed by atoms with E-state index in [0.717, 1.165) is 5.56 Å². The Labute approximate surface area is 157 Å². The molecule has 1 aromatic carbocycles. The minimum absolute atomic E-state index is 0.0315. The number of aromatic nitrogens is 1. The molecule has 0 atom stereocenters. The number of hydrazone groups is 1. The molecule has 0 radical (unpaired) electrons. The second kappa shape index (κ2) is 7.35. The van der Waals surface area contributed by atoms with Gasteiger partial charge in [0.25, 0.3) is 0 Å². The van der Waals surface area contributed by atoms with Gasteiger partial charge in [-0.1, -0.05) is 34.8 Å².